The first kappa shape index (κ1) is 19.1. The van der Waals surface area contributed by atoms with Gasteiger partial charge in [0.1, 0.15) is 5.82 Å². The highest BCUT2D eigenvalue weighted by atomic mass is 32.2. The van der Waals surface area contributed by atoms with Crippen LogP contribution in [0.1, 0.15) is 5.56 Å². The Labute approximate surface area is 158 Å². The van der Waals surface area contributed by atoms with E-state index in [9.17, 15) is 13.2 Å². The Balaban J connectivity index is 1.75. The van der Waals surface area contributed by atoms with E-state index < -0.39 is 6.61 Å². The molecule has 0 unspecified atom stereocenters. The number of alkyl halides is 2. The fourth-order valence-electron chi connectivity index (χ4n) is 2.46. The largest absolute Gasteiger partial charge is 0.493 e. The molecule has 1 heterocycles. The maximum absolute atomic E-state index is 14.0. The highest BCUT2D eigenvalue weighted by Crippen LogP contribution is 2.32. The molecule has 0 radical (unpaired) electrons. The molecule has 0 spiro atoms. The molecule has 0 aliphatic heterocycles. The minimum Gasteiger partial charge on any atom is -0.493 e. The molecule has 0 N–H and O–H groups in total. The fraction of sp³-hybridized carbons (Fsp3) is 0.222. The number of rotatable bonds is 7. The van der Waals surface area contributed by atoms with Crippen LogP contribution in [0, 0.1) is 5.82 Å². The van der Waals surface area contributed by atoms with Crippen molar-refractivity contribution in [2.45, 2.75) is 17.5 Å². The van der Waals surface area contributed by atoms with Crippen molar-refractivity contribution in [3.63, 3.8) is 0 Å². The van der Waals surface area contributed by atoms with Gasteiger partial charge in [-0.3, -0.25) is 0 Å². The lowest BCUT2D eigenvalue weighted by molar-refractivity contribution is -0.0512. The minimum absolute atomic E-state index is 0.0262. The summed E-state index contributed by atoms with van der Waals surface area (Å²) < 4.78 is 50.0. The van der Waals surface area contributed by atoms with Crippen molar-refractivity contribution in [1.29, 1.82) is 0 Å². The second-order valence-corrected chi connectivity index (χ2v) is 6.44. The molecule has 0 fully saturated rings. The van der Waals surface area contributed by atoms with Gasteiger partial charge in [0, 0.05) is 12.8 Å². The first-order valence-corrected chi connectivity index (χ1v) is 8.87. The molecule has 0 saturated carbocycles. The summed E-state index contributed by atoms with van der Waals surface area (Å²) in [6, 6.07) is 11.1. The number of nitrogens with zero attached hydrogens (tertiary/aromatic N) is 3. The van der Waals surface area contributed by atoms with Crippen LogP contribution < -0.4 is 9.47 Å². The molecule has 3 aromatic rings. The lowest BCUT2D eigenvalue weighted by Gasteiger charge is -2.11. The molecular weight excluding hydrogens is 379 g/mol. The van der Waals surface area contributed by atoms with Gasteiger partial charge in [-0.2, -0.15) is 8.78 Å². The summed E-state index contributed by atoms with van der Waals surface area (Å²) in [5, 5.41) is 8.76. The molecule has 0 aliphatic carbocycles. The van der Waals surface area contributed by atoms with Gasteiger partial charge in [0.25, 0.3) is 0 Å². The zero-order valence-electron chi connectivity index (χ0n) is 14.5. The van der Waals surface area contributed by atoms with E-state index >= 15 is 0 Å². The summed E-state index contributed by atoms with van der Waals surface area (Å²) in [6.45, 7) is -2.92. The van der Waals surface area contributed by atoms with Gasteiger partial charge >= 0.3 is 6.61 Å². The third-order valence-corrected chi connectivity index (χ3v) is 4.85. The molecule has 5 nitrogen and oxygen atoms in total. The van der Waals surface area contributed by atoms with Crippen LogP contribution in [0.5, 0.6) is 11.5 Å². The molecule has 0 amide bonds. The summed E-state index contributed by atoms with van der Waals surface area (Å²) in [4.78, 5) is 0. The van der Waals surface area contributed by atoms with E-state index in [1.165, 1.54) is 31.0 Å². The van der Waals surface area contributed by atoms with Gasteiger partial charge in [-0.05, 0) is 29.8 Å². The molecule has 0 saturated heterocycles. The quantitative estimate of drug-likeness (QED) is 0.551. The van der Waals surface area contributed by atoms with E-state index in [0.29, 0.717) is 22.3 Å². The molecular formula is C18H16F3N3O2S. The number of hydrogen-bond acceptors (Lipinski definition) is 5. The van der Waals surface area contributed by atoms with E-state index in [2.05, 4.69) is 14.9 Å². The summed E-state index contributed by atoms with van der Waals surface area (Å²) in [6.07, 6.45) is 0. The Bertz CT molecular complexity index is 934. The van der Waals surface area contributed by atoms with Crippen LogP contribution >= 0.6 is 11.8 Å². The van der Waals surface area contributed by atoms with Crippen LogP contribution in [-0.2, 0) is 12.8 Å². The number of benzene rings is 2. The van der Waals surface area contributed by atoms with Crippen LogP contribution in [0.4, 0.5) is 13.2 Å². The molecule has 0 bridgehead atoms. The Hall–Kier alpha value is -2.68. The van der Waals surface area contributed by atoms with Crippen molar-refractivity contribution in [2.24, 2.45) is 7.05 Å². The molecule has 2 aromatic carbocycles. The predicted octanol–water partition coefficient (Wildman–Crippen LogP) is 4.52. The van der Waals surface area contributed by atoms with Gasteiger partial charge in [-0.15, -0.1) is 10.2 Å². The fourth-order valence-corrected chi connectivity index (χ4v) is 3.31. The number of aromatic nitrogens is 3. The maximum Gasteiger partial charge on any atom is 0.387 e. The van der Waals surface area contributed by atoms with Crippen molar-refractivity contribution >= 4 is 11.8 Å². The van der Waals surface area contributed by atoms with Gasteiger partial charge in [0.05, 0.1) is 12.7 Å². The van der Waals surface area contributed by atoms with Gasteiger partial charge < -0.3 is 14.0 Å². The third kappa shape index (κ3) is 4.36. The van der Waals surface area contributed by atoms with E-state index in [1.807, 2.05) is 0 Å². The molecule has 0 atom stereocenters. The van der Waals surface area contributed by atoms with Crippen LogP contribution in [-0.4, -0.2) is 28.5 Å². The van der Waals surface area contributed by atoms with Crippen molar-refractivity contribution < 1.29 is 22.6 Å². The van der Waals surface area contributed by atoms with Gasteiger partial charge in [0.2, 0.25) is 0 Å². The molecule has 27 heavy (non-hydrogen) atoms. The Morgan fingerprint density at radius 1 is 1.11 bits per heavy atom. The molecule has 142 valence electrons. The number of hydrogen-bond donors (Lipinski definition) is 0. The Kier molecular flexibility index (Phi) is 5.90. The lowest BCUT2D eigenvalue weighted by Crippen LogP contribution is -2.03. The second-order valence-electron chi connectivity index (χ2n) is 5.50. The van der Waals surface area contributed by atoms with E-state index in [0.717, 1.165) is 5.56 Å². The topological polar surface area (TPSA) is 49.2 Å². The molecule has 9 heteroatoms. The van der Waals surface area contributed by atoms with Crippen LogP contribution in [0.15, 0.2) is 47.6 Å². The average molecular weight is 395 g/mol. The highest BCUT2D eigenvalue weighted by Gasteiger charge is 2.15. The number of methoxy groups -OCH3 is 1. The first-order valence-electron chi connectivity index (χ1n) is 7.88. The minimum atomic E-state index is -2.92. The average Bonchev–Trinajstić information content (AvgIpc) is 3.01. The van der Waals surface area contributed by atoms with Crippen molar-refractivity contribution in [3.05, 3.63) is 53.8 Å². The summed E-state index contributed by atoms with van der Waals surface area (Å²) in [5.74, 6) is 0.743. The number of ether oxygens (including phenoxy) is 2. The second kappa shape index (κ2) is 8.34. The summed E-state index contributed by atoms with van der Waals surface area (Å²) >= 11 is 1.38. The lowest BCUT2D eigenvalue weighted by atomic mass is 10.2. The third-order valence-electron chi connectivity index (χ3n) is 3.76. The van der Waals surface area contributed by atoms with Gasteiger partial charge in [-0.1, -0.05) is 30.0 Å². The highest BCUT2D eigenvalue weighted by molar-refractivity contribution is 7.98. The summed E-state index contributed by atoms with van der Waals surface area (Å²) in [5.41, 5.74) is 1.20. The number of thioether (sulfide) groups is 1. The zero-order chi connectivity index (χ0) is 19.4. The normalized spacial score (nSPS) is 11.0. The van der Waals surface area contributed by atoms with Gasteiger partial charge in [0.15, 0.2) is 22.5 Å². The molecule has 3 rings (SSSR count). The van der Waals surface area contributed by atoms with Crippen molar-refractivity contribution in [1.82, 2.24) is 14.8 Å². The van der Waals surface area contributed by atoms with Crippen LogP contribution in [0.25, 0.3) is 11.4 Å². The molecule has 0 aliphatic rings. The van der Waals surface area contributed by atoms with Crippen molar-refractivity contribution in [3.8, 4) is 22.9 Å². The monoisotopic (exact) mass is 395 g/mol. The van der Waals surface area contributed by atoms with Crippen LogP contribution in [0.3, 0.4) is 0 Å². The first-order chi connectivity index (χ1) is 13.0. The smallest absolute Gasteiger partial charge is 0.387 e. The Morgan fingerprint density at radius 3 is 2.59 bits per heavy atom. The van der Waals surface area contributed by atoms with Gasteiger partial charge in [-0.25, -0.2) is 4.39 Å². The maximum atomic E-state index is 14.0. The SMILES string of the molecule is COc1cc(CSc2nnc(-c3ccccc3F)n2C)ccc1OC(F)F. The van der Waals surface area contributed by atoms with Crippen molar-refractivity contribution in [2.75, 3.05) is 7.11 Å². The Morgan fingerprint density at radius 2 is 1.89 bits per heavy atom. The zero-order valence-corrected chi connectivity index (χ0v) is 15.3. The van der Waals surface area contributed by atoms with E-state index in [4.69, 9.17) is 4.74 Å². The summed E-state index contributed by atoms with van der Waals surface area (Å²) in [7, 11) is 3.14. The van der Waals surface area contributed by atoms with E-state index in [1.54, 1.807) is 41.9 Å². The predicted molar refractivity (Wildman–Crippen MR) is 95.6 cm³/mol. The molecule has 1 aromatic heterocycles. The van der Waals surface area contributed by atoms with E-state index in [-0.39, 0.29) is 17.3 Å². The van der Waals surface area contributed by atoms with Crippen LogP contribution in [0.2, 0.25) is 0 Å². The standard InChI is InChI=1S/C18H16F3N3O2S/c1-24-16(12-5-3-4-6-13(12)19)22-23-18(24)27-10-11-7-8-14(26-17(20)21)15(9-11)25-2/h3-9,17H,10H2,1-2H3. The number of halogens is 3.